The van der Waals surface area contributed by atoms with Gasteiger partial charge < -0.3 is 21.1 Å². The van der Waals surface area contributed by atoms with Crippen molar-refractivity contribution < 1.29 is 5.11 Å². The van der Waals surface area contributed by atoms with Gasteiger partial charge in [-0.15, -0.1) is 0 Å². The Morgan fingerprint density at radius 2 is 2.13 bits per heavy atom. The van der Waals surface area contributed by atoms with Gasteiger partial charge in [0.15, 0.2) is 5.88 Å². The quantitative estimate of drug-likeness (QED) is 0.501. The summed E-state index contributed by atoms with van der Waals surface area (Å²) in [5.41, 5.74) is 8.18. The van der Waals surface area contributed by atoms with Gasteiger partial charge in [-0.1, -0.05) is 12.8 Å². The van der Waals surface area contributed by atoms with Crippen molar-refractivity contribution in [3.8, 4) is 17.3 Å². The van der Waals surface area contributed by atoms with E-state index in [1.54, 1.807) is 12.4 Å². The van der Waals surface area contributed by atoms with Gasteiger partial charge in [-0.2, -0.15) is 5.10 Å². The molecule has 1 aliphatic carbocycles. The molecule has 3 aromatic heterocycles. The molecule has 8 heteroatoms. The molecule has 1 fully saturated rings. The van der Waals surface area contributed by atoms with E-state index in [1.807, 2.05) is 6.07 Å². The summed E-state index contributed by atoms with van der Waals surface area (Å²) < 4.78 is 0. The zero-order valence-electron chi connectivity index (χ0n) is 12.6. The lowest BCUT2D eigenvalue weighted by molar-refractivity contribution is 0.402. The van der Waals surface area contributed by atoms with E-state index >= 15 is 0 Å². The van der Waals surface area contributed by atoms with E-state index in [4.69, 9.17) is 5.73 Å². The first-order valence-electron chi connectivity index (χ1n) is 7.82. The highest BCUT2D eigenvalue weighted by atomic mass is 16.3. The maximum Gasteiger partial charge on any atom is 0.224 e. The highest BCUT2D eigenvalue weighted by molar-refractivity contribution is 5.96. The Hall–Kier alpha value is -2.61. The van der Waals surface area contributed by atoms with Crippen molar-refractivity contribution in [2.24, 2.45) is 5.73 Å². The lowest BCUT2D eigenvalue weighted by atomic mass is 9.91. The van der Waals surface area contributed by atoms with Gasteiger partial charge in [0.25, 0.3) is 0 Å². The highest BCUT2D eigenvalue weighted by Crippen LogP contribution is 2.32. The second kappa shape index (κ2) is 5.54. The molecule has 0 saturated heterocycles. The topological polar surface area (TPSA) is 129 Å². The molecule has 0 bridgehead atoms. The molecular formula is C15H19N7O. The van der Waals surface area contributed by atoms with E-state index in [0.717, 1.165) is 25.0 Å². The standard InChI is InChI=1S/C15H19N7O/c16-8-3-1-2-4-9(8)19-15-20-11-7-17-14(23)12(11)13(21-15)10-5-6-18-22-10/h5-9,17,23H,1-4,16H2,(H,18,22)(H,19,20)/t8-,9+/m0/s1. The van der Waals surface area contributed by atoms with Crippen molar-refractivity contribution in [1.82, 2.24) is 25.1 Å². The molecular weight excluding hydrogens is 294 g/mol. The fourth-order valence-electron chi connectivity index (χ4n) is 3.18. The number of nitrogens with two attached hydrogens (primary N) is 1. The Balaban J connectivity index is 1.76. The Morgan fingerprint density at radius 1 is 1.26 bits per heavy atom. The van der Waals surface area contributed by atoms with Gasteiger partial charge >= 0.3 is 0 Å². The van der Waals surface area contributed by atoms with Crippen LogP contribution in [0, 0.1) is 0 Å². The molecule has 120 valence electrons. The van der Waals surface area contributed by atoms with Crippen molar-refractivity contribution in [2.45, 2.75) is 37.8 Å². The minimum atomic E-state index is 0.0468. The third-order valence-electron chi connectivity index (χ3n) is 4.41. The average molecular weight is 313 g/mol. The van der Waals surface area contributed by atoms with Crippen molar-refractivity contribution in [2.75, 3.05) is 5.32 Å². The van der Waals surface area contributed by atoms with Gasteiger partial charge in [-0.05, 0) is 18.9 Å². The lowest BCUT2D eigenvalue weighted by Gasteiger charge is -2.29. The van der Waals surface area contributed by atoms with Crippen LogP contribution in [0.25, 0.3) is 22.3 Å². The minimum Gasteiger partial charge on any atom is -0.494 e. The zero-order valence-corrected chi connectivity index (χ0v) is 12.6. The number of hydrogen-bond donors (Lipinski definition) is 5. The van der Waals surface area contributed by atoms with Gasteiger partial charge in [0, 0.05) is 24.5 Å². The Labute approximate surface area is 132 Å². The summed E-state index contributed by atoms with van der Waals surface area (Å²) in [6.07, 6.45) is 7.67. The average Bonchev–Trinajstić information content (AvgIpc) is 3.20. The van der Waals surface area contributed by atoms with Crippen molar-refractivity contribution in [3.05, 3.63) is 18.5 Å². The molecule has 3 heterocycles. The number of nitrogens with zero attached hydrogens (tertiary/aromatic N) is 3. The van der Waals surface area contributed by atoms with E-state index in [-0.39, 0.29) is 18.0 Å². The summed E-state index contributed by atoms with van der Waals surface area (Å²) in [5.74, 6) is 0.564. The normalized spacial score (nSPS) is 21.6. The Morgan fingerprint density at radius 3 is 2.91 bits per heavy atom. The van der Waals surface area contributed by atoms with Crippen LogP contribution in [0.3, 0.4) is 0 Å². The fourth-order valence-corrected chi connectivity index (χ4v) is 3.18. The van der Waals surface area contributed by atoms with Gasteiger partial charge in [0.2, 0.25) is 5.95 Å². The van der Waals surface area contributed by atoms with Crippen LogP contribution in [0.1, 0.15) is 25.7 Å². The van der Waals surface area contributed by atoms with E-state index in [2.05, 4.69) is 30.5 Å². The number of rotatable bonds is 3. The number of fused-ring (bicyclic) bond motifs is 1. The Kier molecular flexibility index (Phi) is 3.38. The van der Waals surface area contributed by atoms with E-state index in [0.29, 0.717) is 22.5 Å². The molecule has 0 aliphatic heterocycles. The second-order valence-electron chi connectivity index (χ2n) is 5.96. The van der Waals surface area contributed by atoms with Gasteiger partial charge in [-0.3, -0.25) is 5.10 Å². The predicted octanol–water partition coefficient (Wildman–Crippen LogP) is 1.74. The van der Waals surface area contributed by atoms with Crippen molar-refractivity contribution in [1.29, 1.82) is 0 Å². The molecule has 0 aromatic carbocycles. The molecule has 8 nitrogen and oxygen atoms in total. The number of anilines is 1. The number of aromatic nitrogens is 5. The highest BCUT2D eigenvalue weighted by Gasteiger charge is 2.23. The van der Waals surface area contributed by atoms with Crippen LogP contribution in [0.2, 0.25) is 0 Å². The number of aromatic hydroxyl groups is 1. The molecule has 0 unspecified atom stereocenters. The molecule has 0 radical (unpaired) electrons. The second-order valence-corrected chi connectivity index (χ2v) is 5.96. The first kappa shape index (κ1) is 14.0. The van der Waals surface area contributed by atoms with E-state index in [1.165, 1.54) is 6.42 Å². The smallest absolute Gasteiger partial charge is 0.224 e. The van der Waals surface area contributed by atoms with Crippen LogP contribution < -0.4 is 11.1 Å². The maximum atomic E-state index is 10.0. The molecule has 2 atom stereocenters. The number of hydrogen-bond acceptors (Lipinski definition) is 6. The molecule has 6 N–H and O–H groups in total. The molecule has 4 rings (SSSR count). The van der Waals surface area contributed by atoms with Gasteiger partial charge in [0.05, 0.1) is 16.6 Å². The summed E-state index contributed by atoms with van der Waals surface area (Å²) in [6.45, 7) is 0. The van der Waals surface area contributed by atoms with E-state index < -0.39 is 0 Å². The first-order chi connectivity index (χ1) is 11.2. The summed E-state index contributed by atoms with van der Waals surface area (Å²) in [5, 5.41) is 20.8. The fraction of sp³-hybridized carbons (Fsp3) is 0.400. The lowest BCUT2D eigenvalue weighted by Crippen LogP contribution is -2.42. The van der Waals surface area contributed by atoms with Crippen LogP contribution in [0.4, 0.5) is 5.95 Å². The predicted molar refractivity (Wildman–Crippen MR) is 87.0 cm³/mol. The van der Waals surface area contributed by atoms with Crippen LogP contribution >= 0.6 is 0 Å². The van der Waals surface area contributed by atoms with Gasteiger partial charge in [-0.25, -0.2) is 9.97 Å². The number of H-pyrrole nitrogens is 2. The third kappa shape index (κ3) is 2.50. The maximum absolute atomic E-state index is 10.0. The van der Waals surface area contributed by atoms with E-state index in [9.17, 15) is 5.11 Å². The molecule has 1 saturated carbocycles. The molecule has 0 spiro atoms. The largest absolute Gasteiger partial charge is 0.494 e. The summed E-state index contributed by atoms with van der Waals surface area (Å²) in [4.78, 5) is 11.9. The van der Waals surface area contributed by atoms with Crippen molar-refractivity contribution in [3.63, 3.8) is 0 Å². The van der Waals surface area contributed by atoms with Crippen LogP contribution in [-0.2, 0) is 0 Å². The zero-order chi connectivity index (χ0) is 15.8. The van der Waals surface area contributed by atoms with Crippen molar-refractivity contribution >= 4 is 16.9 Å². The summed E-state index contributed by atoms with van der Waals surface area (Å²) in [6, 6.07) is 2.09. The Bertz CT molecular complexity index is 811. The molecule has 0 amide bonds. The molecule has 23 heavy (non-hydrogen) atoms. The molecule has 3 aromatic rings. The third-order valence-corrected chi connectivity index (χ3v) is 4.41. The number of aromatic amines is 2. The molecule has 1 aliphatic rings. The van der Waals surface area contributed by atoms with Crippen LogP contribution in [0.15, 0.2) is 18.5 Å². The first-order valence-corrected chi connectivity index (χ1v) is 7.82. The summed E-state index contributed by atoms with van der Waals surface area (Å²) >= 11 is 0. The number of nitrogens with one attached hydrogen (secondary N) is 3. The van der Waals surface area contributed by atoms with Gasteiger partial charge in [0.1, 0.15) is 5.69 Å². The monoisotopic (exact) mass is 313 g/mol. The minimum absolute atomic E-state index is 0.0468. The van der Waals surface area contributed by atoms with Crippen LogP contribution in [0.5, 0.6) is 5.88 Å². The van der Waals surface area contributed by atoms with Crippen LogP contribution in [-0.4, -0.2) is 42.3 Å². The summed E-state index contributed by atoms with van der Waals surface area (Å²) in [7, 11) is 0. The SMILES string of the molecule is N[C@H]1CCCC[C@H]1Nc1nc(-c2ccn[nH]2)c2c(O)[nH]cc2n1.